The van der Waals surface area contributed by atoms with Crippen LogP contribution in [0.4, 0.5) is 0 Å². The molecule has 0 fully saturated rings. The van der Waals surface area contributed by atoms with Gasteiger partial charge in [-0.15, -0.1) is 0 Å². The first kappa shape index (κ1) is 19.4. The molecule has 0 saturated carbocycles. The summed E-state index contributed by atoms with van der Waals surface area (Å²) in [7, 11) is 0. The molecule has 124 valence electrons. The van der Waals surface area contributed by atoms with Crippen LogP contribution in [0.2, 0.25) is 0 Å². The van der Waals surface area contributed by atoms with Gasteiger partial charge in [0.1, 0.15) is 6.10 Å². The summed E-state index contributed by atoms with van der Waals surface area (Å²) in [6.07, 6.45) is -0.126. The molecule has 3 heteroatoms. The summed E-state index contributed by atoms with van der Waals surface area (Å²) in [6.45, 7) is 15.4. The Balaban J connectivity index is 3.50. The summed E-state index contributed by atoms with van der Waals surface area (Å²) in [5.74, 6) is 1.36. The molecular weight excluding hydrogens is 315 g/mol. The normalized spacial score (nSPS) is 14.1. The average molecular weight is 343 g/mol. The maximum absolute atomic E-state index is 5.96. The molecular formula is C19H28Cl2O. The highest BCUT2D eigenvalue weighted by Crippen LogP contribution is 2.37. The lowest BCUT2D eigenvalue weighted by molar-refractivity contribution is 0.151. The largest absolute Gasteiger partial charge is 0.474 e. The quantitative estimate of drug-likeness (QED) is 0.489. The molecule has 1 nitrogen and oxygen atoms in total. The van der Waals surface area contributed by atoms with Gasteiger partial charge in [0, 0.05) is 0 Å². The molecule has 0 aromatic heterocycles. The Hall–Kier alpha value is -0.660. The average Bonchev–Trinajstić information content (AvgIpc) is 2.44. The van der Waals surface area contributed by atoms with Crippen molar-refractivity contribution in [2.24, 2.45) is 0 Å². The molecule has 1 rings (SSSR count). The van der Waals surface area contributed by atoms with E-state index in [0.717, 1.165) is 0 Å². The third kappa shape index (κ3) is 4.67. The predicted octanol–water partition coefficient (Wildman–Crippen LogP) is 7.41. The molecule has 22 heavy (non-hydrogen) atoms. The molecule has 0 amide bonds. The fraction of sp³-hybridized carbons (Fsp3) is 0.579. The molecule has 0 aliphatic rings. The molecule has 0 spiro atoms. The van der Waals surface area contributed by atoms with Crippen molar-refractivity contribution in [2.75, 3.05) is 0 Å². The Bertz CT molecular complexity index is 501. The summed E-state index contributed by atoms with van der Waals surface area (Å²) >= 11 is 11.6. The maximum atomic E-state index is 5.96. The van der Waals surface area contributed by atoms with E-state index in [1.54, 1.807) is 0 Å². The van der Waals surface area contributed by atoms with Crippen LogP contribution in [-0.2, 0) is 4.74 Å². The monoisotopic (exact) mass is 342 g/mol. The minimum atomic E-state index is -0.126. The van der Waals surface area contributed by atoms with E-state index in [-0.39, 0.29) is 11.3 Å². The smallest absolute Gasteiger partial charge is 0.199 e. The highest BCUT2D eigenvalue weighted by atomic mass is 35.5. The highest BCUT2D eigenvalue weighted by molar-refractivity contribution is 6.35. The van der Waals surface area contributed by atoms with Crippen LogP contribution in [0.1, 0.15) is 94.6 Å². The van der Waals surface area contributed by atoms with Crippen molar-refractivity contribution in [1.82, 2.24) is 0 Å². The molecule has 0 aliphatic heterocycles. The number of benzene rings is 1. The van der Waals surface area contributed by atoms with E-state index in [2.05, 4.69) is 53.7 Å². The lowest BCUT2D eigenvalue weighted by Gasteiger charge is -2.26. The molecule has 1 unspecified atom stereocenters. The van der Waals surface area contributed by atoms with Crippen molar-refractivity contribution in [3.8, 4) is 0 Å². The molecule has 1 aromatic carbocycles. The van der Waals surface area contributed by atoms with Crippen molar-refractivity contribution in [1.29, 1.82) is 0 Å². The van der Waals surface area contributed by atoms with Gasteiger partial charge in [0.05, 0.1) is 5.54 Å². The first-order chi connectivity index (χ1) is 10.2. The second-order valence-electron chi connectivity index (χ2n) is 6.75. The van der Waals surface area contributed by atoms with Gasteiger partial charge in [0.25, 0.3) is 0 Å². The summed E-state index contributed by atoms with van der Waals surface area (Å²) in [6, 6.07) is 4.63. The predicted molar refractivity (Wildman–Crippen MR) is 98.0 cm³/mol. The van der Waals surface area contributed by atoms with Gasteiger partial charge in [-0.1, -0.05) is 65.3 Å². The number of rotatable bonds is 6. The van der Waals surface area contributed by atoms with E-state index in [9.17, 15) is 0 Å². The molecule has 1 atom stereocenters. The zero-order valence-corrected chi connectivity index (χ0v) is 16.2. The number of hydrogen-bond acceptors (Lipinski definition) is 1. The number of hydrogen-bond donors (Lipinski definition) is 0. The highest BCUT2D eigenvalue weighted by Gasteiger charge is 2.22. The van der Waals surface area contributed by atoms with Crippen molar-refractivity contribution in [3.63, 3.8) is 0 Å². The zero-order valence-electron chi connectivity index (χ0n) is 14.7. The van der Waals surface area contributed by atoms with E-state index in [0.29, 0.717) is 17.8 Å². The zero-order chi connectivity index (χ0) is 17.0. The van der Waals surface area contributed by atoms with E-state index >= 15 is 0 Å². The van der Waals surface area contributed by atoms with Gasteiger partial charge in [-0.3, -0.25) is 0 Å². The van der Waals surface area contributed by atoms with Crippen LogP contribution in [0.5, 0.6) is 0 Å². The lowest BCUT2D eigenvalue weighted by Crippen LogP contribution is -2.11. The van der Waals surface area contributed by atoms with E-state index in [4.69, 9.17) is 27.9 Å². The Morgan fingerprint density at radius 2 is 1.36 bits per heavy atom. The lowest BCUT2D eigenvalue weighted by atomic mass is 9.82. The first-order valence-electron chi connectivity index (χ1n) is 7.99. The molecule has 1 aromatic rings. The molecule has 0 bridgehead atoms. The summed E-state index contributed by atoms with van der Waals surface area (Å²) < 4.78 is 5.76. The van der Waals surface area contributed by atoms with Gasteiger partial charge >= 0.3 is 0 Å². The van der Waals surface area contributed by atoms with Crippen LogP contribution in [0, 0.1) is 0 Å². The molecule has 0 aliphatic carbocycles. The summed E-state index contributed by atoms with van der Waals surface area (Å²) in [4.78, 5) is 0. The van der Waals surface area contributed by atoms with Crippen LogP contribution >= 0.6 is 23.2 Å². The van der Waals surface area contributed by atoms with Crippen LogP contribution in [0.25, 0.3) is 0 Å². The van der Waals surface area contributed by atoms with Crippen molar-refractivity contribution >= 4 is 23.2 Å². The van der Waals surface area contributed by atoms with Crippen LogP contribution < -0.4 is 0 Å². The fourth-order valence-corrected chi connectivity index (χ4v) is 2.92. The number of halogens is 2. The second kappa shape index (κ2) is 8.26. The van der Waals surface area contributed by atoms with Crippen LogP contribution in [-0.4, -0.2) is 0 Å². The van der Waals surface area contributed by atoms with E-state index in [1.807, 2.05) is 6.92 Å². The van der Waals surface area contributed by atoms with Gasteiger partial charge in [0.2, 0.25) is 0 Å². The minimum absolute atomic E-state index is 0.126. The second-order valence-corrected chi connectivity index (χ2v) is 7.34. The topological polar surface area (TPSA) is 9.23 Å². The first-order valence-corrected chi connectivity index (χ1v) is 8.80. The SMILES string of the molecule is CC(C)c1cc(C(C)C)c(C(C)O/C(Cl)=C/Cl)c(C(C)C)c1. The fourth-order valence-electron chi connectivity index (χ4n) is 2.73. The maximum Gasteiger partial charge on any atom is 0.199 e. The molecule has 0 N–H and O–H groups in total. The Labute approximate surface area is 145 Å². The van der Waals surface area contributed by atoms with E-state index < -0.39 is 0 Å². The minimum Gasteiger partial charge on any atom is -0.474 e. The molecule has 0 radical (unpaired) electrons. The van der Waals surface area contributed by atoms with Gasteiger partial charge in [0.15, 0.2) is 5.22 Å². The Morgan fingerprint density at radius 3 is 1.68 bits per heavy atom. The van der Waals surface area contributed by atoms with Crippen LogP contribution in [0.15, 0.2) is 22.9 Å². The summed E-state index contributed by atoms with van der Waals surface area (Å²) in [5, 5.41) is 0.228. The Morgan fingerprint density at radius 1 is 0.909 bits per heavy atom. The third-order valence-electron chi connectivity index (χ3n) is 3.96. The van der Waals surface area contributed by atoms with Gasteiger partial charge < -0.3 is 4.74 Å². The molecule has 0 heterocycles. The van der Waals surface area contributed by atoms with Crippen molar-refractivity contribution in [3.05, 3.63) is 45.1 Å². The standard InChI is InChI=1S/C19H28Cl2O/c1-11(2)15-8-16(12(3)4)19(17(9-15)13(5)6)14(7)22-18(21)10-20/h8-14H,1-7H3/b18-10+. The van der Waals surface area contributed by atoms with Gasteiger partial charge in [-0.05, 0) is 58.5 Å². The van der Waals surface area contributed by atoms with Gasteiger partial charge in [-0.2, -0.15) is 0 Å². The third-order valence-corrected chi connectivity index (χ3v) is 4.47. The number of ether oxygens (including phenoxy) is 1. The van der Waals surface area contributed by atoms with E-state index in [1.165, 1.54) is 27.8 Å². The summed E-state index contributed by atoms with van der Waals surface area (Å²) in [5.41, 5.74) is 6.56. The van der Waals surface area contributed by atoms with Crippen molar-refractivity contribution in [2.45, 2.75) is 72.3 Å². The Kier molecular flexibility index (Phi) is 7.28. The van der Waals surface area contributed by atoms with Crippen LogP contribution in [0.3, 0.4) is 0 Å². The molecule has 0 saturated heterocycles. The van der Waals surface area contributed by atoms with Gasteiger partial charge in [-0.25, -0.2) is 0 Å². The van der Waals surface area contributed by atoms with Crippen molar-refractivity contribution < 1.29 is 4.74 Å².